The minimum atomic E-state index is -2.74. The van der Waals surface area contributed by atoms with Crippen LogP contribution in [0.3, 0.4) is 0 Å². The lowest BCUT2D eigenvalue weighted by molar-refractivity contribution is -0.0405. The van der Waals surface area contributed by atoms with E-state index >= 15 is 0 Å². The van der Waals surface area contributed by atoms with Crippen molar-refractivity contribution < 1.29 is 13.5 Å². The number of benzene rings is 1. The molecular weight excluding hydrogens is 198 g/mol. The van der Waals surface area contributed by atoms with Gasteiger partial charge in [0.25, 0.3) is 5.92 Å². The second-order valence-corrected chi connectivity index (χ2v) is 4.21. The third-order valence-electron chi connectivity index (χ3n) is 2.74. The molecule has 1 aliphatic heterocycles. The van der Waals surface area contributed by atoms with Gasteiger partial charge in [0.05, 0.1) is 18.6 Å². The Bertz CT molecular complexity index is 372. The molecule has 0 saturated carbocycles. The summed E-state index contributed by atoms with van der Waals surface area (Å²) in [5, 5.41) is 0. The first kappa shape index (κ1) is 10.4. The van der Waals surface area contributed by atoms with Crippen LogP contribution in [0.5, 0.6) is 5.75 Å². The zero-order chi connectivity index (χ0) is 11.1. The van der Waals surface area contributed by atoms with E-state index < -0.39 is 5.92 Å². The van der Waals surface area contributed by atoms with E-state index in [0.717, 1.165) is 5.56 Å². The molecule has 0 spiro atoms. The molecule has 1 aromatic rings. The fourth-order valence-electron chi connectivity index (χ4n) is 1.74. The van der Waals surface area contributed by atoms with Crippen LogP contribution in [0.4, 0.5) is 8.78 Å². The molecule has 0 aromatic heterocycles. The minimum absolute atomic E-state index is 0.0416. The highest BCUT2D eigenvalue weighted by atomic mass is 19.3. The quantitative estimate of drug-likeness (QED) is 0.690. The van der Waals surface area contributed by atoms with Crippen LogP contribution in [0.2, 0.25) is 0 Å². The Morgan fingerprint density at radius 3 is 2.73 bits per heavy atom. The van der Waals surface area contributed by atoms with Crippen molar-refractivity contribution in [3.8, 4) is 5.75 Å². The molecule has 1 heterocycles. The number of alkyl halides is 2. The van der Waals surface area contributed by atoms with Crippen LogP contribution in [0.1, 0.15) is 37.3 Å². The van der Waals surface area contributed by atoms with Crippen molar-refractivity contribution in [3.05, 3.63) is 29.3 Å². The zero-order valence-corrected chi connectivity index (χ0v) is 8.89. The van der Waals surface area contributed by atoms with E-state index in [9.17, 15) is 8.78 Å². The maximum Gasteiger partial charge on any atom is 0.280 e. The van der Waals surface area contributed by atoms with E-state index in [4.69, 9.17) is 4.74 Å². The van der Waals surface area contributed by atoms with Crippen molar-refractivity contribution in [1.82, 2.24) is 0 Å². The zero-order valence-electron chi connectivity index (χ0n) is 8.89. The maximum absolute atomic E-state index is 13.6. The van der Waals surface area contributed by atoms with Crippen LogP contribution in [0, 0.1) is 0 Å². The number of ether oxygens (including phenoxy) is 1. The summed E-state index contributed by atoms with van der Waals surface area (Å²) >= 11 is 0. The van der Waals surface area contributed by atoms with Crippen LogP contribution in [0.25, 0.3) is 0 Å². The number of hydrogen-bond acceptors (Lipinski definition) is 1. The summed E-state index contributed by atoms with van der Waals surface area (Å²) in [7, 11) is 0. The average molecular weight is 212 g/mol. The molecule has 0 amide bonds. The van der Waals surface area contributed by atoms with Gasteiger partial charge in [-0.15, -0.1) is 0 Å². The molecule has 0 N–H and O–H groups in total. The monoisotopic (exact) mass is 212 g/mol. The highest BCUT2D eigenvalue weighted by Crippen LogP contribution is 2.42. The van der Waals surface area contributed by atoms with E-state index in [1.807, 2.05) is 19.9 Å². The summed E-state index contributed by atoms with van der Waals surface area (Å²) < 4.78 is 32.3. The summed E-state index contributed by atoms with van der Waals surface area (Å²) in [6.45, 7) is 4.08. The second kappa shape index (κ2) is 3.47. The van der Waals surface area contributed by atoms with Gasteiger partial charge in [0.1, 0.15) is 5.75 Å². The lowest BCUT2D eigenvalue weighted by atomic mass is 9.95. The van der Waals surface area contributed by atoms with E-state index in [1.54, 1.807) is 12.1 Å². The molecule has 0 bridgehead atoms. The van der Waals surface area contributed by atoms with Crippen molar-refractivity contribution in [2.24, 2.45) is 0 Å². The fourth-order valence-corrected chi connectivity index (χ4v) is 1.74. The third-order valence-corrected chi connectivity index (χ3v) is 2.74. The molecule has 0 radical (unpaired) electrons. The summed E-state index contributed by atoms with van der Waals surface area (Å²) in [5.41, 5.74) is 0.971. The van der Waals surface area contributed by atoms with Gasteiger partial charge in [0, 0.05) is 0 Å². The minimum Gasteiger partial charge on any atom is -0.493 e. The standard InChI is InChI=1S/C12H14F2O/c1-8(2)9-3-4-11-10(7-9)12(13,14)5-6-15-11/h3-4,7-8H,5-6H2,1-2H3. The normalized spacial score (nSPS) is 18.5. The lowest BCUT2D eigenvalue weighted by Crippen LogP contribution is -2.24. The highest BCUT2D eigenvalue weighted by Gasteiger charge is 2.38. The van der Waals surface area contributed by atoms with Gasteiger partial charge >= 0.3 is 0 Å². The number of halogens is 2. The Balaban J connectivity index is 2.49. The van der Waals surface area contributed by atoms with E-state index in [1.165, 1.54) is 0 Å². The Kier molecular flexibility index (Phi) is 2.41. The van der Waals surface area contributed by atoms with Crippen LogP contribution in [-0.4, -0.2) is 6.61 Å². The van der Waals surface area contributed by atoms with Crippen molar-refractivity contribution in [3.63, 3.8) is 0 Å². The Morgan fingerprint density at radius 2 is 2.07 bits per heavy atom. The van der Waals surface area contributed by atoms with Gasteiger partial charge in [-0.3, -0.25) is 0 Å². The molecule has 1 aliphatic rings. The first-order chi connectivity index (χ1) is 7.00. The summed E-state index contributed by atoms with van der Waals surface area (Å²) in [6.07, 6.45) is -0.221. The molecule has 1 nitrogen and oxygen atoms in total. The smallest absolute Gasteiger partial charge is 0.280 e. The van der Waals surface area contributed by atoms with Gasteiger partial charge in [0.2, 0.25) is 0 Å². The molecule has 0 saturated heterocycles. The summed E-state index contributed by atoms with van der Waals surface area (Å²) in [4.78, 5) is 0. The van der Waals surface area contributed by atoms with Crippen molar-refractivity contribution in [2.45, 2.75) is 32.1 Å². The topological polar surface area (TPSA) is 9.23 Å². The van der Waals surface area contributed by atoms with Gasteiger partial charge in [-0.05, 0) is 23.6 Å². The molecule has 0 atom stereocenters. The Labute approximate surface area is 88.1 Å². The van der Waals surface area contributed by atoms with E-state index in [2.05, 4.69) is 0 Å². The Morgan fingerprint density at radius 1 is 1.33 bits per heavy atom. The number of hydrogen-bond donors (Lipinski definition) is 0. The predicted molar refractivity (Wildman–Crippen MR) is 54.5 cm³/mol. The van der Waals surface area contributed by atoms with Gasteiger partial charge < -0.3 is 4.74 Å². The van der Waals surface area contributed by atoms with Crippen LogP contribution in [-0.2, 0) is 5.92 Å². The molecular formula is C12H14F2O. The van der Waals surface area contributed by atoms with Crippen molar-refractivity contribution in [1.29, 1.82) is 0 Å². The summed E-state index contributed by atoms with van der Waals surface area (Å²) in [6, 6.07) is 5.07. The molecule has 82 valence electrons. The largest absolute Gasteiger partial charge is 0.493 e. The van der Waals surface area contributed by atoms with Gasteiger partial charge in [0.15, 0.2) is 0 Å². The molecule has 15 heavy (non-hydrogen) atoms. The first-order valence-electron chi connectivity index (χ1n) is 5.16. The fraction of sp³-hybridized carbons (Fsp3) is 0.500. The van der Waals surface area contributed by atoms with Crippen LogP contribution in [0.15, 0.2) is 18.2 Å². The molecule has 2 rings (SSSR count). The van der Waals surface area contributed by atoms with Crippen molar-refractivity contribution >= 4 is 0 Å². The predicted octanol–water partition coefficient (Wildman–Crippen LogP) is 3.68. The number of fused-ring (bicyclic) bond motifs is 1. The van der Waals surface area contributed by atoms with Crippen molar-refractivity contribution in [2.75, 3.05) is 6.61 Å². The second-order valence-electron chi connectivity index (χ2n) is 4.21. The van der Waals surface area contributed by atoms with Crippen LogP contribution >= 0.6 is 0 Å². The van der Waals surface area contributed by atoms with Crippen LogP contribution < -0.4 is 4.74 Å². The average Bonchev–Trinajstić information content (AvgIpc) is 2.17. The lowest BCUT2D eigenvalue weighted by Gasteiger charge is -2.26. The Hall–Kier alpha value is -1.12. The molecule has 1 aromatic carbocycles. The molecule has 0 unspecified atom stereocenters. The van der Waals surface area contributed by atoms with Gasteiger partial charge in [-0.1, -0.05) is 19.9 Å². The van der Waals surface area contributed by atoms with Gasteiger partial charge in [-0.2, -0.15) is 0 Å². The van der Waals surface area contributed by atoms with E-state index in [-0.39, 0.29) is 24.5 Å². The number of rotatable bonds is 1. The molecule has 0 fully saturated rings. The molecule has 3 heteroatoms. The van der Waals surface area contributed by atoms with Gasteiger partial charge in [-0.25, -0.2) is 8.78 Å². The molecule has 0 aliphatic carbocycles. The first-order valence-corrected chi connectivity index (χ1v) is 5.16. The summed E-state index contributed by atoms with van der Waals surface area (Å²) in [5.74, 6) is -2.15. The van der Waals surface area contributed by atoms with E-state index in [0.29, 0.717) is 5.75 Å². The third kappa shape index (κ3) is 1.83. The maximum atomic E-state index is 13.6. The highest BCUT2D eigenvalue weighted by molar-refractivity contribution is 5.42. The SMILES string of the molecule is CC(C)c1ccc2c(c1)C(F)(F)CCO2.